The highest BCUT2D eigenvalue weighted by Crippen LogP contribution is 2.35. The van der Waals surface area contributed by atoms with Crippen LogP contribution in [0.1, 0.15) is 16.1 Å². The summed E-state index contributed by atoms with van der Waals surface area (Å²) in [5.41, 5.74) is -2.68. The van der Waals surface area contributed by atoms with Gasteiger partial charge in [-0.15, -0.1) is 0 Å². The largest absolute Gasteiger partial charge is 0.478 e. The summed E-state index contributed by atoms with van der Waals surface area (Å²) in [6, 6.07) is 4.85. The van der Waals surface area contributed by atoms with Gasteiger partial charge >= 0.3 is 12.1 Å². The molecule has 2 heterocycles. The zero-order chi connectivity index (χ0) is 16.8. The molecule has 0 saturated carbocycles. The van der Waals surface area contributed by atoms with Gasteiger partial charge in [0, 0.05) is 11.6 Å². The maximum atomic E-state index is 13.7. The van der Waals surface area contributed by atoms with Crippen molar-refractivity contribution in [3.8, 4) is 5.69 Å². The van der Waals surface area contributed by atoms with E-state index in [0.717, 1.165) is 12.1 Å². The minimum absolute atomic E-state index is 0.0815. The first-order chi connectivity index (χ1) is 10.8. The van der Waals surface area contributed by atoms with Crippen LogP contribution >= 0.6 is 0 Å². The molecule has 5 nitrogen and oxygen atoms in total. The van der Waals surface area contributed by atoms with Crippen LogP contribution in [0.4, 0.5) is 17.6 Å². The third kappa shape index (κ3) is 2.39. The lowest BCUT2D eigenvalue weighted by Gasteiger charge is -2.13. The number of fused-ring (bicyclic) bond motifs is 1. The fourth-order valence-electron chi connectivity index (χ4n) is 2.27. The Morgan fingerprint density at radius 3 is 2.61 bits per heavy atom. The van der Waals surface area contributed by atoms with Crippen molar-refractivity contribution in [2.24, 2.45) is 0 Å². The number of hydrogen-bond acceptors (Lipinski definition) is 3. The molecule has 0 atom stereocenters. The Balaban J connectivity index is 2.37. The average molecular weight is 325 g/mol. The normalized spacial score (nSPS) is 11.8. The van der Waals surface area contributed by atoms with E-state index in [1.807, 2.05) is 0 Å². The molecule has 0 spiro atoms. The lowest BCUT2D eigenvalue weighted by molar-refractivity contribution is -0.143. The van der Waals surface area contributed by atoms with E-state index in [4.69, 9.17) is 5.11 Å². The summed E-state index contributed by atoms with van der Waals surface area (Å²) in [7, 11) is 0. The van der Waals surface area contributed by atoms with Crippen molar-refractivity contribution in [1.82, 2.24) is 14.8 Å². The lowest BCUT2D eigenvalue weighted by Crippen LogP contribution is -2.17. The number of alkyl halides is 3. The van der Waals surface area contributed by atoms with E-state index < -0.39 is 29.2 Å². The Morgan fingerprint density at radius 2 is 1.96 bits per heavy atom. The van der Waals surface area contributed by atoms with E-state index in [-0.39, 0.29) is 16.6 Å². The highest BCUT2D eigenvalue weighted by atomic mass is 19.4. The molecule has 9 heteroatoms. The molecular weight excluding hydrogens is 318 g/mol. The molecule has 0 radical (unpaired) electrons. The predicted molar refractivity (Wildman–Crippen MR) is 70.8 cm³/mol. The van der Waals surface area contributed by atoms with Crippen LogP contribution in [0.25, 0.3) is 16.6 Å². The predicted octanol–water partition coefficient (Wildman–Crippen LogP) is 3.28. The lowest BCUT2D eigenvalue weighted by atomic mass is 10.1. The maximum absolute atomic E-state index is 13.7. The smallest absolute Gasteiger partial charge is 0.434 e. The highest BCUT2D eigenvalue weighted by Gasteiger charge is 2.40. The molecule has 0 amide bonds. The number of carboxylic acids is 1. The van der Waals surface area contributed by atoms with Crippen LogP contribution in [0.15, 0.2) is 36.7 Å². The van der Waals surface area contributed by atoms with Crippen molar-refractivity contribution in [2.75, 3.05) is 0 Å². The third-order valence-electron chi connectivity index (χ3n) is 3.19. The van der Waals surface area contributed by atoms with Gasteiger partial charge in [-0.25, -0.2) is 13.9 Å². The van der Waals surface area contributed by atoms with Crippen LogP contribution in [0.2, 0.25) is 0 Å². The molecule has 23 heavy (non-hydrogen) atoms. The minimum atomic E-state index is -4.95. The summed E-state index contributed by atoms with van der Waals surface area (Å²) in [5.74, 6) is -2.46. The molecule has 0 fully saturated rings. The Hall–Kier alpha value is -2.97. The quantitative estimate of drug-likeness (QED) is 0.734. The summed E-state index contributed by atoms with van der Waals surface area (Å²) in [6.45, 7) is 0. The van der Waals surface area contributed by atoms with Crippen LogP contribution < -0.4 is 0 Å². The van der Waals surface area contributed by atoms with Crippen LogP contribution in [0, 0.1) is 5.82 Å². The molecule has 1 aromatic carbocycles. The Bertz CT molecular complexity index is 918. The second kappa shape index (κ2) is 5.04. The Kier molecular flexibility index (Phi) is 3.28. The van der Waals surface area contributed by atoms with Gasteiger partial charge in [0.2, 0.25) is 0 Å². The standard InChI is InChI=1S/C14H7F4N3O2/c15-9-3-4-10(7-2-1-5-19-11(7)9)21-12(14(16,17)18)8(6-20-21)13(22)23/h1-6H,(H,22,23). The molecule has 0 aliphatic heterocycles. The molecule has 3 aromatic rings. The van der Waals surface area contributed by atoms with Crippen LogP contribution in [-0.4, -0.2) is 25.8 Å². The summed E-state index contributed by atoms with van der Waals surface area (Å²) < 4.78 is 53.9. The number of rotatable bonds is 2. The monoisotopic (exact) mass is 325 g/mol. The zero-order valence-electron chi connectivity index (χ0n) is 11.2. The van der Waals surface area contributed by atoms with Crippen LogP contribution in [0.3, 0.4) is 0 Å². The van der Waals surface area contributed by atoms with Crippen molar-refractivity contribution in [1.29, 1.82) is 0 Å². The molecule has 1 N–H and O–H groups in total. The Labute approximate surface area is 125 Å². The van der Waals surface area contributed by atoms with Gasteiger partial charge in [-0.3, -0.25) is 4.98 Å². The van der Waals surface area contributed by atoms with Crippen molar-refractivity contribution in [3.05, 3.63) is 53.7 Å². The van der Waals surface area contributed by atoms with Crippen molar-refractivity contribution < 1.29 is 27.5 Å². The summed E-state index contributed by atoms with van der Waals surface area (Å²) in [6.07, 6.45) is -3.05. The van der Waals surface area contributed by atoms with E-state index in [2.05, 4.69) is 10.1 Å². The first-order valence-corrected chi connectivity index (χ1v) is 6.23. The number of carbonyl (C=O) groups is 1. The van der Waals surface area contributed by atoms with Crippen molar-refractivity contribution in [2.45, 2.75) is 6.18 Å². The SMILES string of the molecule is O=C(O)c1cnn(-c2ccc(F)c3ncccc23)c1C(F)(F)F. The minimum Gasteiger partial charge on any atom is -0.478 e. The number of aromatic carboxylic acids is 1. The first kappa shape index (κ1) is 14.9. The highest BCUT2D eigenvalue weighted by molar-refractivity contribution is 5.91. The van der Waals surface area contributed by atoms with Gasteiger partial charge in [-0.1, -0.05) is 0 Å². The zero-order valence-corrected chi connectivity index (χ0v) is 11.2. The topological polar surface area (TPSA) is 68.0 Å². The van der Waals surface area contributed by atoms with Gasteiger partial charge < -0.3 is 5.11 Å². The number of halogens is 4. The number of pyridine rings is 1. The summed E-state index contributed by atoms with van der Waals surface area (Å²) >= 11 is 0. The summed E-state index contributed by atoms with van der Waals surface area (Å²) in [4.78, 5) is 14.8. The van der Waals surface area contributed by atoms with Gasteiger partial charge in [-0.05, 0) is 24.3 Å². The van der Waals surface area contributed by atoms with Crippen molar-refractivity contribution in [3.63, 3.8) is 0 Å². The Morgan fingerprint density at radius 1 is 1.22 bits per heavy atom. The van der Waals surface area contributed by atoms with Crippen LogP contribution in [-0.2, 0) is 6.18 Å². The average Bonchev–Trinajstić information content (AvgIpc) is 2.93. The molecule has 0 saturated heterocycles. The fourth-order valence-corrected chi connectivity index (χ4v) is 2.27. The van der Waals surface area contributed by atoms with Crippen molar-refractivity contribution >= 4 is 16.9 Å². The van der Waals surface area contributed by atoms with Crippen LogP contribution in [0.5, 0.6) is 0 Å². The van der Waals surface area contributed by atoms with Gasteiger partial charge in [0.15, 0.2) is 5.69 Å². The fraction of sp³-hybridized carbons (Fsp3) is 0.0714. The third-order valence-corrected chi connectivity index (χ3v) is 3.19. The maximum Gasteiger partial charge on any atom is 0.434 e. The second-order valence-electron chi connectivity index (χ2n) is 4.59. The number of carboxylic acid groups (broad SMARTS) is 1. The van der Waals surface area contributed by atoms with E-state index in [9.17, 15) is 22.4 Å². The van der Waals surface area contributed by atoms with E-state index in [1.54, 1.807) is 0 Å². The van der Waals surface area contributed by atoms with Gasteiger partial charge in [0.25, 0.3) is 0 Å². The summed E-state index contributed by atoms with van der Waals surface area (Å²) in [5, 5.41) is 12.5. The van der Waals surface area contributed by atoms with Gasteiger partial charge in [0.1, 0.15) is 16.9 Å². The molecule has 0 bridgehead atoms. The molecule has 0 aliphatic rings. The molecule has 2 aromatic heterocycles. The first-order valence-electron chi connectivity index (χ1n) is 6.23. The molecule has 118 valence electrons. The van der Waals surface area contributed by atoms with Gasteiger partial charge in [0.05, 0.1) is 11.9 Å². The molecule has 3 rings (SSSR count). The number of benzene rings is 1. The number of hydrogen-bond donors (Lipinski definition) is 1. The van der Waals surface area contributed by atoms with E-state index in [0.29, 0.717) is 10.9 Å². The van der Waals surface area contributed by atoms with E-state index >= 15 is 0 Å². The van der Waals surface area contributed by atoms with E-state index in [1.165, 1.54) is 18.3 Å². The molecular formula is C14H7F4N3O2. The van der Waals surface area contributed by atoms with Gasteiger partial charge in [-0.2, -0.15) is 18.3 Å². The number of nitrogens with zero attached hydrogens (tertiary/aromatic N) is 3. The molecule has 0 unspecified atom stereocenters. The molecule has 0 aliphatic carbocycles. The second-order valence-corrected chi connectivity index (χ2v) is 4.59. The number of aromatic nitrogens is 3.